The first-order valence-electron chi connectivity index (χ1n) is 5.58. The molecule has 3 unspecified atom stereocenters. The Morgan fingerprint density at radius 1 is 1.20 bits per heavy atom. The highest BCUT2D eigenvalue weighted by Crippen LogP contribution is 2.22. The molecular weight excluding hydrogens is 186 g/mol. The van der Waals surface area contributed by atoms with E-state index in [0.29, 0.717) is 12.5 Å². The minimum Gasteiger partial charge on any atom is -0.393 e. The van der Waals surface area contributed by atoms with Crippen LogP contribution in [0.5, 0.6) is 0 Å². The summed E-state index contributed by atoms with van der Waals surface area (Å²) in [5.41, 5.74) is 6.81. The van der Waals surface area contributed by atoms with Crippen molar-refractivity contribution in [2.45, 2.75) is 32.3 Å². The van der Waals surface area contributed by atoms with Crippen LogP contribution >= 0.6 is 0 Å². The minimum absolute atomic E-state index is 0.177. The number of aliphatic hydroxyl groups is 1. The van der Waals surface area contributed by atoms with Crippen LogP contribution in [0.4, 0.5) is 0 Å². The third kappa shape index (κ3) is 3.65. The summed E-state index contributed by atoms with van der Waals surface area (Å²) in [6, 6.07) is 10.3. The first-order chi connectivity index (χ1) is 7.15. The fraction of sp³-hybridized carbons (Fsp3) is 0.538. The Balaban J connectivity index is 2.52. The molecule has 0 spiro atoms. The minimum atomic E-state index is -0.301. The number of aliphatic hydroxyl groups excluding tert-OH is 1. The molecule has 0 heterocycles. The molecule has 0 saturated heterocycles. The molecule has 0 amide bonds. The molecule has 0 aromatic heterocycles. The van der Waals surface area contributed by atoms with Gasteiger partial charge in [-0.3, -0.25) is 0 Å². The van der Waals surface area contributed by atoms with Gasteiger partial charge in [0.2, 0.25) is 0 Å². The van der Waals surface area contributed by atoms with Gasteiger partial charge in [-0.05, 0) is 30.4 Å². The van der Waals surface area contributed by atoms with Crippen LogP contribution in [0.2, 0.25) is 0 Å². The monoisotopic (exact) mass is 207 g/mol. The van der Waals surface area contributed by atoms with Crippen LogP contribution in [0.15, 0.2) is 30.3 Å². The molecule has 0 radical (unpaired) electrons. The van der Waals surface area contributed by atoms with Crippen molar-refractivity contribution in [1.29, 1.82) is 0 Å². The Kier molecular flexibility index (Phi) is 4.79. The topological polar surface area (TPSA) is 46.2 Å². The van der Waals surface area contributed by atoms with Gasteiger partial charge in [0.1, 0.15) is 0 Å². The lowest BCUT2D eigenvalue weighted by Crippen LogP contribution is -2.26. The van der Waals surface area contributed by atoms with Gasteiger partial charge in [-0.1, -0.05) is 44.2 Å². The van der Waals surface area contributed by atoms with Crippen molar-refractivity contribution in [3.05, 3.63) is 35.9 Å². The second-order valence-corrected chi connectivity index (χ2v) is 4.33. The van der Waals surface area contributed by atoms with Crippen LogP contribution in [0.25, 0.3) is 0 Å². The molecular formula is C13H21NO. The standard InChI is InChI=1S/C13H21NO/c1-10(8-13(15)11(2)9-14)12-6-4-3-5-7-12/h3-7,10-11,13,15H,8-9,14H2,1-2H3. The largest absolute Gasteiger partial charge is 0.393 e. The Bertz CT molecular complexity index is 273. The van der Waals surface area contributed by atoms with E-state index in [1.165, 1.54) is 5.56 Å². The zero-order valence-corrected chi connectivity index (χ0v) is 9.56. The second-order valence-electron chi connectivity index (χ2n) is 4.33. The van der Waals surface area contributed by atoms with Gasteiger partial charge in [0.25, 0.3) is 0 Å². The first kappa shape index (κ1) is 12.2. The van der Waals surface area contributed by atoms with E-state index in [1.807, 2.05) is 25.1 Å². The quantitative estimate of drug-likeness (QED) is 0.777. The summed E-state index contributed by atoms with van der Waals surface area (Å²) in [6.45, 7) is 4.67. The molecule has 0 aliphatic heterocycles. The average molecular weight is 207 g/mol. The summed E-state index contributed by atoms with van der Waals surface area (Å²) in [6.07, 6.45) is 0.479. The van der Waals surface area contributed by atoms with Gasteiger partial charge >= 0.3 is 0 Å². The molecule has 0 fully saturated rings. The van der Waals surface area contributed by atoms with Gasteiger partial charge in [0.05, 0.1) is 6.10 Å². The van der Waals surface area contributed by atoms with Gasteiger partial charge in [0.15, 0.2) is 0 Å². The number of benzene rings is 1. The summed E-state index contributed by atoms with van der Waals surface area (Å²) < 4.78 is 0. The molecule has 2 nitrogen and oxygen atoms in total. The van der Waals surface area contributed by atoms with Crippen molar-refractivity contribution in [1.82, 2.24) is 0 Å². The van der Waals surface area contributed by atoms with Gasteiger partial charge < -0.3 is 10.8 Å². The molecule has 0 aliphatic carbocycles. The molecule has 3 atom stereocenters. The Hall–Kier alpha value is -0.860. The second kappa shape index (κ2) is 5.89. The van der Waals surface area contributed by atoms with Gasteiger partial charge in [-0.25, -0.2) is 0 Å². The van der Waals surface area contributed by atoms with Gasteiger partial charge in [-0.15, -0.1) is 0 Å². The zero-order chi connectivity index (χ0) is 11.3. The summed E-state index contributed by atoms with van der Waals surface area (Å²) in [7, 11) is 0. The van der Waals surface area contributed by atoms with Crippen molar-refractivity contribution in [3.8, 4) is 0 Å². The van der Waals surface area contributed by atoms with Crippen molar-refractivity contribution >= 4 is 0 Å². The maximum Gasteiger partial charge on any atom is 0.0583 e. The van der Waals surface area contributed by atoms with Gasteiger partial charge in [0, 0.05) is 0 Å². The van der Waals surface area contributed by atoms with Crippen LogP contribution in [-0.2, 0) is 0 Å². The van der Waals surface area contributed by atoms with E-state index in [-0.39, 0.29) is 12.0 Å². The number of hydrogen-bond acceptors (Lipinski definition) is 2. The Labute approximate surface area is 92.1 Å². The Morgan fingerprint density at radius 2 is 1.80 bits per heavy atom. The Morgan fingerprint density at radius 3 is 2.33 bits per heavy atom. The predicted molar refractivity (Wildman–Crippen MR) is 63.7 cm³/mol. The summed E-state index contributed by atoms with van der Waals surface area (Å²) >= 11 is 0. The normalized spacial score (nSPS) is 17.1. The van der Waals surface area contributed by atoms with Crippen LogP contribution in [0.3, 0.4) is 0 Å². The molecule has 84 valence electrons. The predicted octanol–water partition coefficient (Wildman–Crippen LogP) is 2.14. The highest BCUT2D eigenvalue weighted by atomic mass is 16.3. The molecule has 1 aromatic carbocycles. The van der Waals surface area contributed by atoms with Crippen LogP contribution in [0, 0.1) is 5.92 Å². The van der Waals surface area contributed by atoms with E-state index in [4.69, 9.17) is 5.73 Å². The molecule has 2 heteroatoms. The maximum atomic E-state index is 9.87. The molecule has 1 aromatic rings. The smallest absolute Gasteiger partial charge is 0.0583 e. The molecule has 15 heavy (non-hydrogen) atoms. The molecule has 1 rings (SSSR count). The summed E-state index contributed by atoms with van der Waals surface area (Å²) in [5.74, 6) is 0.561. The van der Waals surface area contributed by atoms with E-state index >= 15 is 0 Å². The van der Waals surface area contributed by atoms with Crippen LogP contribution < -0.4 is 5.73 Å². The summed E-state index contributed by atoms with van der Waals surface area (Å²) in [4.78, 5) is 0. The number of hydrogen-bond donors (Lipinski definition) is 2. The first-order valence-corrected chi connectivity index (χ1v) is 5.58. The van der Waals surface area contributed by atoms with Crippen molar-refractivity contribution in [2.24, 2.45) is 11.7 Å². The summed E-state index contributed by atoms with van der Waals surface area (Å²) in [5, 5.41) is 9.87. The van der Waals surface area contributed by atoms with Crippen molar-refractivity contribution in [2.75, 3.05) is 6.54 Å². The van der Waals surface area contributed by atoms with E-state index in [0.717, 1.165) is 6.42 Å². The average Bonchev–Trinajstić information content (AvgIpc) is 2.29. The SMILES string of the molecule is CC(CC(O)C(C)CN)c1ccccc1. The molecule has 0 saturated carbocycles. The van der Waals surface area contributed by atoms with E-state index < -0.39 is 0 Å². The lowest BCUT2D eigenvalue weighted by Gasteiger charge is -2.21. The van der Waals surface area contributed by atoms with E-state index in [1.54, 1.807) is 0 Å². The lowest BCUT2D eigenvalue weighted by molar-refractivity contribution is 0.105. The number of rotatable bonds is 5. The third-order valence-corrected chi connectivity index (χ3v) is 2.99. The van der Waals surface area contributed by atoms with E-state index in [9.17, 15) is 5.11 Å². The maximum absolute atomic E-state index is 9.87. The molecule has 3 N–H and O–H groups in total. The third-order valence-electron chi connectivity index (χ3n) is 2.99. The molecule has 0 aliphatic rings. The van der Waals surface area contributed by atoms with Crippen molar-refractivity contribution < 1.29 is 5.11 Å². The fourth-order valence-electron chi connectivity index (χ4n) is 1.67. The fourth-order valence-corrected chi connectivity index (χ4v) is 1.67. The highest BCUT2D eigenvalue weighted by Gasteiger charge is 2.16. The molecule has 0 bridgehead atoms. The van der Waals surface area contributed by atoms with Crippen molar-refractivity contribution in [3.63, 3.8) is 0 Å². The van der Waals surface area contributed by atoms with Crippen LogP contribution in [0.1, 0.15) is 31.7 Å². The number of nitrogens with two attached hydrogens (primary N) is 1. The zero-order valence-electron chi connectivity index (χ0n) is 9.56. The highest BCUT2D eigenvalue weighted by molar-refractivity contribution is 5.18. The van der Waals surface area contributed by atoms with Crippen LogP contribution in [-0.4, -0.2) is 17.8 Å². The lowest BCUT2D eigenvalue weighted by atomic mass is 9.90. The van der Waals surface area contributed by atoms with Gasteiger partial charge in [-0.2, -0.15) is 0 Å². The van der Waals surface area contributed by atoms with E-state index in [2.05, 4.69) is 19.1 Å².